The molecule has 0 bridgehead atoms. The zero-order chi connectivity index (χ0) is 18.1. The van der Waals surface area contributed by atoms with E-state index in [0.717, 1.165) is 12.3 Å². The van der Waals surface area contributed by atoms with E-state index in [2.05, 4.69) is 10.4 Å². The molecule has 130 valence electrons. The van der Waals surface area contributed by atoms with E-state index in [9.17, 15) is 24.8 Å². The number of nitro groups is 1. The van der Waals surface area contributed by atoms with Gasteiger partial charge in [-0.25, -0.2) is 5.43 Å². The number of phenolic OH excluding ortho intramolecular Hbond substituents is 1. The van der Waals surface area contributed by atoms with Crippen LogP contribution in [0.15, 0.2) is 17.2 Å². The van der Waals surface area contributed by atoms with Crippen molar-refractivity contribution >= 4 is 23.7 Å². The van der Waals surface area contributed by atoms with Crippen molar-refractivity contribution < 1.29 is 24.4 Å². The Morgan fingerprint density at radius 3 is 2.67 bits per heavy atom. The molecule has 3 N–H and O–H groups in total. The van der Waals surface area contributed by atoms with Crippen molar-refractivity contribution in [1.29, 1.82) is 0 Å². The fraction of sp³-hybridized carbons (Fsp3) is 0.357. The smallest absolute Gasteiger partial charge is 0.329 e. The molecule has 1 rings (SSSR count). The van der Waals surface area contributed by atoms with Crippen LogP contribution >= 0.6 is 0 Å². The Hall–Kier alpha value is -3.17. The molecular weight excluding hydrogens is 320 g/mol. The van der Waals surface area contributed by atoms with Gasteiger partial charge in [-0.1, -0.05) is 6.92 Å². The van der Waals surface area contributed by atoms with Crippen LogP contribution in [0.25, 0.3) is 0 Å². The number of hydrogen-bond donors (Lipinski definition) is 3. The number of rotatable bonds is 7. The van der Waals surface area contributed by atoms with Gasteiger partial charge < -0.3 is 15.2 Å². The molecule has 0 saturated carbocycles. The summed E-state index contributed by atoms with van der Waals surface area (Å²) >= 11 is 0. The van der Waals surface area contributed by atoms with Crippen LogP contribution in [-0.4, -0.2) is 41.2 Å². The number of carbonyl (C=O) groups excluding carboxylic acids is 2. The van der Waals surface area contributed by atoms with E-state index in [4.69, 9.17) is 4.74 Å². The zero-order valence-corrected chi connectivity index (χ0v) is 13.2. The first-order chi connectivity index (χ1) is 11.4. The number of carbonyl (C=O) groups is 2. The van der Waals surface area contributed by atoms with Gasteiger partial charge in [0.1, 0.15) is 0 Å². The molecule has 0 unspecified atom stereocenters. The van der Waals surface area contributed by atoms with Gasteiger partial charge in [0.05, 0.1) is 17.7 Å². The van der Waals surface area contributed by atoms with Crippen molar-refractivity contribution in [2.24, 2.45) is 5.10 Å². The number of hydrazone groups is 1. The monoisotopic (exact) mass is 338 g/mol. The molecule has 0 saturated heterocycles. The molecule has 10 heteroatoms. The van der Waals surface area contributed by atoms with Crippen LogP contribution in [0.4, 0.5) is 5.69 Å². The number of hydrogen-bond acceptors (Lipinski definition) is 7. The van der Waals surface area contributed by atoms with E-state index in [1.165, 1.54) is 6.07 Å². The molecule has 2 amide bonds. The first-order valence-corrected chi connectivity index (χ1v) is 7.16. The molecule has 0 aliphatic carbocycles. The molecule has 1 aromatic rings. The number of ether oxygens (including phenoxy) is 1. The molecule has 0 aliphatic heterocycles. The summed E-state index contributed by atoms with van der Waals surface area (Å²) in [5.41, 5.74) is 1.64. The van der Waals surface area contributed by atoms with E-state index < -0.39 is 28.2 Å². The third kappa shape index (κ3) is 5.23. The summed E-state index contributed by atoms with van der Waals surface area (Å²) in [5.74, 6) is -2.47. The van der Waals surface area contributed by atoms with Gasteiger partial charge in [-0.2, -0.15) is 5.10 Å². The summed E-state index contributed by atoms with van der Waals surface area (Å²) in [6, 6.07) is 2.38. The largest absolute Gasteiger partial charge is 0.500 e. The van der Waals surface area contributed by atoms with Gasteiger partial charge in [0.25, 0.3) is 0 Å². The topological polar surface area (TPSA) is 143 Å². The van der Waals surface area contributed by atoms with Gasteiger partial charge in [-0.3, -0.25) is 19.7 Å². The lowest BCUT2D eigenvalue weighted by atomic mass is 10.2. The molecule has 10 nitrogen and oxygen atoms in total. The molecular formula is C14H18N4O6. The van der Waals surface area contributed by atoms with Crippen LogP contribution in [0.3, 0.4) is 0 Å². The number of nitrogens with zero attached hydrogens (tertiary/aromatic N) is 2. The number of phenols is 1. The Bertz CT molecular complexity index is 659. The lowest BCUT2D eigenvalue weighted by Crippen LogP contribution is -2.38. The number of nitro benzene ring substituents is 1. The minimum atomic E-state index is -0.960. The van der Waals surface area contributed by atoms with Crippen LogP contribution in [0.5, 0.6) is 11.5 Å². The van der Waals surface area contributed by atoms with Gasteiger partial charge in [0, 0.05) is 18.2 Å². The molecule has 0 radical (unpaired) electrons. The Kier molecular flexibility index (Phi) is 7.14. The summed E-state index contributed by atoms with van der Waals surface area (Å²) in [4.78, 5) is 32.9. The normalized spacial score (nSPS) is 10.4. The highest BCUT2D eigenvalue weighted by molar-refractivity contribution is 6.35. The highest BCUT2D eigenvalue weighted by Gasteiger charge is 2.19. The van der Waals surface area contributed by atoms with E-state index >= 15 is 0 Å². The summed E-state index contributed by atoms with van der Waals surface area (Å²) < 4.78 is 5.11. The van der Waals surface area contributed by atoms with Gasteiger partial charge in [0.2, 0.25) is 5.75 Å². The summed E-state index contributed by atoms with van der Waals surface area (Å²) in [7, 11) is 0. The highest BCUT2D eigenvalue weighted by Crippen LogP contribution is 2.36. The Morgan fingerprint density at radius 2 is 2.08 bits per heavy atom. The predicted molar refractivity (Wildman–Crippen MR) is 85.0 cm³/mol. The first kappa shape index (κ1) is 18.9. The van der Waals surface area contributed by atoms with Gasteiger partial charge >= 0.3 is 17.5 Å². The van der Waals surface area contributed by atoms with Crippen molar-refractivity contribution in [1.82, 2.24) is 10.7 Å². The maximum absolute atomic E-state index is 11.4. The molecule has 0 aromatic heterocycles. The third-order valence-electron chi connectivity index (χ3n) is 2.70. The van der Waals surface area contributed by atoms with E-state index in [1.807, 2.05) is 12.3 Å². The molecule has 1 aromatic carbocycles. The minimum Gasteiger partial charge on any atom is -0.500 e. The van der Waals surface area contributed by atoms with Crippen LogP contribution < -0.4 is 15.5 Å². The van der Waals surface area contributed by atoms with Crippen molar-refractivity contribution in [2.45, 2.75) is 20.3 Å². The molecule has 24 heavy (non-hydrogen) atoms. The van der Waals surface area contributed by atoms with Crippen molar-refractivity contribution in [3.8, 4) is 11.5 Å². The Balaban J connectivity index is 2.88. The maximum atomic E-state index is 11.4. The van der Waals surface area contributed by atoms with Crippen molar-refractivity contribution in [3.05, 3.63) is 27.8 Å². The molecule has 0 aliphatic rings. The van der Waals surface area contributed by atoms with Crippen LogP contribution in [0.1, 0.15) is 25.8 Å². The van der Waals surface area contributed by atoms with Gasteiger partial charge in [0.15, 0.2) is 5.75 Å². The van der Waals surface area contributed by atoms with Gasteiger partial charge in [-0.15, -0.1) is 0 Å². The number of amides is 2. The lowest BCUT2D eigenvalue weighted by Gasteiger charge is -2.07. The SMILES string of the molecule is CCCNC(=O)C(=O)N/N=C/c1cc(OCC)c(O)c([N+](=O)[O-])c1. The second-order valence-electron chi connectivity index (χ2n) is 4.53. The number of benzene rings is 1. The summed E-state index contributed by atoms with van der Waals surface area (Å²) in [6.45, 7) is 4.04. The molecule has 0 heterocycles. The Morgan fingerprint density at radius 1 is 1.38 bits per heavy atom. The van der Waals surface area contributed by atoms with E-state index in [0.29, 0.717) is 13.0 Å². The maximum Gasteiger partial charge on any atom is 0.329 e. The van der Waals surface area contributed by atoms with E-state index in [-0.39, 0.29) is 17.9 Å². The average Bonchev–Trinajstić information content (AvgIpc) is 2.54. The second kappa shape index (κ2) is 9.08. The zero-order valence-electron chi connectivity index (χ0n) is 13.2. The summed E-state index contributed by atoms with van der Waals surface area (Å²) in [6.07, 6.45) is 1.78. The number of aromatic hydroxyl groups is 1. The quantitative estimate of drug-likeness (QED) is 0.289. The molecule has 0 fully saturated rings. The average molecular weight is 338 g/mol. The highest BCUT2D eigenvalue weighted by atomic mass is 16.6. The van der Waals surface area contributed by atoms with Crippen LogP contribution in [0.2, 0.25) is 0 Å². The lowest BCUT2D eigenvalue weighted by molar-refractivity contribution is -0.386. The fourth-order valence-corrected chi connectivity index (χ4v) is 1.63. The third-order valence-corrected chi connectivity index (χ3v) is 2.70. The van der Waals surface area contributed by atoms with Gasteiger partial charge in [-0.05, 0) is 19.4 Å². The minimum absolute atomic E-state index is 0.0832. The van der Waals surface area contributed by atoms with E-state index in [1.54, 1.807) is 6.92 Å². The fourth-order valence-electron chi connectivity index (χ4n) is 1.63. The molecule has 0 atom stereocenters. The van der Waals surface area contributed by atoms with Crippen LogP contribution in [0, 0.1) is 10.1 Å². The van der Waals surface area contributed by atoms with Crippen molar-refractivity contribution in [3.63, 3.8) is 0 Å². The standard InChI is InChI=1S/C14H18N4O6/c1-3-5-15-13(20)14(21)17-16-8-9-6-10(18(22)23)12(19)11(7-9)24-4-2/h6-8,19H,3-5H2,1-2H3,(H,15,20)(H,17,21)/b16-8+. The van der Waals surface area contributed by atoms with Crippen molar-refractivity contribution in [2.75, 3.05) is 13.2 Å². The first-order valence-electron chi connectivity index (χ1n) is 7.16. The molecule has 0 spiro atoms. The second-order valence-corrected chi connectivity index (χ2v) is 4.53. The number of nitrogens with one attached hydrogen (secondary N) is 2. The predicted octanol–water partition coefficient (Wildman–Crippen LogP) is 0.675. The Labute approximate surface area is 137 Å². The van der Waals surface area contributed by atoms with Crippen LogP contribution in [-0.2, 0) is 9.59 Å². The summed E-state index contributed by atoms with van der Waals surface area (Å²) in [5, 5.41) is 26.6.